The smallest absolute Gasteiger partial charge is 0.199 e. The summed E-state index contributed by atoms with van der Waals surface area (Å²) in [6, 6.07) is 4.51. The molecule has 0 unspecified atom stereocenters. The zero-order chi connectivity index (χ0) is 19.8. The SMILES string of the molecule is Cc1nn(S(=O)(=O)c2cc(Cl)ccc2Cl)c(C)c1C12CC3CC(CC(C3)C1)C2. The third-order valence-electron chi connectivity index (χ3n) is 7.22. The molecule has 4 nitrogen and oxygen atoms in total. The molecule has 0 amide bonds. The van der Waals surface area contributed by atoms with Gasteiger partial charge in [0.1, 0.15) is 4.90 Å². The molecule has 1 aromatic heterocycles. The van der Waals surface area contributed by atoms with E-state index in [9.17, 15) is 8.42 Å². The Balaban J connectivity index is 1.64. The van der Waals surface area contributed by atoms with Gasteiger partial charge >= 0.3 is 0 Å². The van der Waals surface area contributed by atoms with Crippen LogP contribution in [0.15, 0.2) is 23.1 Å². The molecule has 4 aliphatic carbocycles. The van der Waals surface area contributed by atoms with Crippen LogP contribution in [0.2, 0.25) is 10.0 Å². The number of aryl methyl sites for hydroxylation is 1. The van der Waals surface area contributed by atoms with Gasteiger partial charge in [-0.05, 0) is 93.7 Å². The van der Waals surface area contributed by atoms with Crippen LogP contribution in [-0.2, 0) is 15.4 Å². The standard InChI is InChI=1S/C21H24Cl2N2O2S/c1-12-20(21-9-14-5-15(10-21)7-16(6-14)11-21)13(2)25(24-12)28(26,27)19-8-17(22)3-4-18(19)23/h3-4,8,14-16H,5-7,9-11H2,1-2H3. The van der Waals surface area contributed by atoms with Crippen molar-refractivity contribution in [1.82, 2.24) is 9.19 Å². The van der Waals surface area contributed by atoms with Gasteiger partial charge in [0.15, 0.2) is 0 Å². The first-order valence-electron chi connectivity index (χ1n) is 9.97. The van der Waals surface area contributed by atoms with Gasteiger partial charge in [-0.25, -0.2) is 0 Å². The topological polar surface area (TPSA) is 52.0 Å². The molecule has 1 heterocycles. The summed E-state index contributed by atoms with van der Waals surface area (Å²) in [7, 11) is -3.91. The van der Waals surface area contributed by atoms with E-state index in [2.05, 4.69) is 5.10 Å². The number of benzene rings is 1. The van der Waals surface area contributed by atoms with E-state index in [-0.39, 0.29) is 15.3 Å². The molecule has 1 aromatic carbocycles. The van der Waals surface area contributed by atoms with Gasteiger partial charge in [-0.1, -0.05) is 23.2 Å². The van der Waals surface area contributed by atoms with Crippen molar-refractivity contribution in [3.8, 4) is 0 Å². The van der Waals surface area contributed by atoms with Crippen molar-refractivity contribution in [2.45, 2.75) is 62.7 Å². The van der Waals surface area contributed by atoms with E-state index in [0.717, 1.165) is 34.7 Å². The minimum atomic E-state index is -3.91. The van der Waals surface area contributed by atoms with Gasteiger partial charge < -0.3 is 0 Å². The van der Waals surface area contributed by atoms with Crippen LogP contribution in [0.1, 0.15) is 55.5 Å². The fraction of sp³-hybridized carbons (Fsp3) is 0.571. The van der Waals surface area contributed by atoms with E-state index in [0.29, 0.717) is 5.02 Å². The van der Waals surface area contributed by atoms with Crippen LogP contribution in [0, 0.1) is 31.6 Å². The third kappa shape index (κ3) is 2.69. The number of hydrogen-bond acceptors (Lipinski definition) is 3. The van der Waals surface area contributed by atoms with Crippen molar-refractivity contribution >= 4 is 33.2 Å². The van der Waals surface area contributed by atoms with Crippen LogP contribution in [-0.4, -0.2) is 17.6 Å². The molecule has 4 bridgehead atoms. The van der Waals surface area contributed by atoms with Gasteiger partial charge in [0.2, 0.25) is 0 Å². The Morgan fingerprint density at radius 2 is 1.61 bits per heavy atom. The maximum atomic E-state index is 13.4. The molecular formula is C21H24Cl2N2O2S. The van der Waals surface area contributed by atoms with Gasteiger partial charge in [0.25, 0.3) is 10.0 Å². The number of halogens is 2. The summed E-state index contributed by atoms with van der Waals surface area (Å²) in [5, 5.41) is 5.01. The molecule has 4 aliphatic rings. The van der Waals surface area contributed by atoms with E-state index in [1.807, 2.05) is 13.8 Å². The second kappa shape index (κ2) is 6.23. The lowest BCUT2D eigenvalue weighted by molar-refractivity contribution is -0.00574. The van der Waals surface area contributed by atoms with Crippen LogP contribution < -0.4 is 0 Å². The first-order chi connectivity index (χ1) is 13.2. The highest BCUT2D eigenvalue weighted by Crippen LogP contribution is 2.61. The Morgan fingerprint density at radius 3 is 2.18 bits per heavy atom. The molecule has 0 N–H and O–H groups in total. The summed E-state index contributed by atoms with van der Waals surface area (Å²) in [5.41, 5.74) is 2.82. The number of hydrogen-bond donors (Lipinski definition) is 0. The minimum absolute atomic E-state index is 0.00401. The lowest BCUT2D eigenvalue weighted by Crippen LogP contribution is -2.49. The maximum absolute atomic E-state index is 13.4. The molecule has 6 rings (SSSR count). The van der Waals surface area contributed by atoms with Crippen molar-refractivity contribution in [1.29, 1.82) is 0 Å². The highest BCUT2D eigenvalue weighted by Gasteiger charge is 2.53. The van der Waals surface area contributed by atoms with Crippen LogP contribution in [0.25, 0.3) is 0 Å². The Bertz CT molecular complexity index is 1040. The number of nitrogens with zero attached hydrogens (tertiary/aromatic N) is 2. The summed E-state index contributed by atoms with van der Waals surface area (Å²) in [6.45, 7) is 3.84. The summed E-state index contributed by atoms with van der Waals surface area (Å²) < 4.78 is 27.9. The Labute approximate surface area is 176 Å². The Morgan fingerprint density at radius 1 is 1.04 bits per heavy atom. The summed E-state index contributed by atoms with van der Waals surface area (Å²) in [6.07, 6.45) is 7.56. The van der Waals surface area contributed by atoms with E-state index >= 15 is 0 Å². The van der Waals surface area contributed by atoms with Crippen LogP contribution >= 0.6 is 23.2 Å². The second-order valence-electron chi connectivity index (χ2n) is 9.17. The van der Waals surface area contributed by atoms with Crippen molar-refractivity contribution in [3.63, 3.8) is 0 Å². The van der Waals surface area contributed by atoms with Crippen LogP contribution in [0.5, 0.6) is 0 Å². The normalized spacial score (nSPS) is 31.5. The van der Waals surface area contributed by atoms with Crippen LogP contribution in [0.4, 0.5) is 0 Å². The second-order valence-corrected chi connectivity index (χ2v) is 11.7. The number of aromatic nitrogens is 2. The molecular weight excluding hydrogens is 415 g/mol. The monoisotopic (exact) mass is 438 g/mol. The fourth-order valence-corrected chi connectivity index (χ4v) is 8.91. The first kappa shape index (κ1) is 19.0. The zero-order valence-electron chi connectivity index (χ0n) is 16.1. The molecule has 2 aromatic rings. The average molecular weight is 439 g/mol. The van der Waals surface area contributed by atoms with Gasteiger partial charge in [0.05, 0.1) is 16.4 Å². The summed E-state index contributed by atoms with van der Waals surface area (Å²) in [4.78, 5) is 0.00401. The molecule has 7 heteroatoms. The lowest BCUT2D eigenvalue weighted by Gasteiger charge is -2.57. The van der Waals surface area contributed by atoms with Crippen molar-refractivity contribution in [2.24, 2.45) is 17.8 Å². The van der Waals surface area contributed by atoms with E-state index in [4.69, 9.17) is 23.2 Å². The van der Waals surface area contributed by atoms with Gasteiger partial charge in [0, 0.05) is 10.6 Å². The summed E-state index contributed by atoms with van der Waals surface area (Å²) in [5.74, 6) is 2.35. The Hall–Kier alpha value is -1.04. The molecule has 0 radical (unpaired) electrons. The van der Waals surface area contributed by atoms with E-state index in [1.54, 1.807) is 6.07 Å². The molecule has 0 aliphatic heterocycles. The number of rotatable bonds is 3. The molecule has 0 atom stereocenters. The van der Waals surface area contributed by atoms with Crippen molar-refractivity contribution < 1.29 is 8.42 Å². The quantitative estimate of drug-likeness (QED) is 0.634. The third-order valence-corrected chi connectivity index (χ3v) is 9.60. The summed E-state index contributed by atoms with van der Waals surface area (Å²) >= 11 is 12.3. The molecule has 4 fully saturated rings. The molecule has 0 spiro atoms. The van der Waals surface area contributed by atoms with Gasteiger partial charge in [-0.3, -0.25) is 0 Å². The highest BCUT2D eigenvalue weighted by molar-refractivity contribution is 7.90. The highest BCUT2D eigenvalue weighted by atomic mass is 35.5. The predicted molar refractivity (Wildman–Crippen MR) is 111 cm³/mol. The van der Waals surface area contributed by atoms with Crippen LogP contribution in [0.3, 0.4) is 0 Å². The molecule has 150 valence electrons. The molecule has 0 saturated heterocycles. The maximum Gasteiger partial charge on any atom is 0.284 e. The van der Waals surface area contributed by atoms with Gasteiger partial charge in [-0.15, -0.1) is 0 Å². The lowest BCUT2D eigenvalue weighted by atomic mass is 9.48. The van der Waals surface area contributed by atoms with Gasteiger partial charge in [-0.2, -0.15) is 17.6 Å². The largest absolute Gasteiger partial charge is 0.284 e. The fourth-order valence-electron chi connectivity index (χ4n) is 6.81. The molecule has 28 heavy (non-hydrogen) atoms. The average Bonchev–Trinajstić information content (AvgIpc) is 2.91. The van der Waals surface area contributed by atoms with E-state index in [1.165, 1.54) is 54.7 Å². The minimum Gasteiger partial charge on any atom is -0.199 e. The molecule has 4 saturated carbocycles. The first-order valence-corrected chi connectivity index (χ1v) is 12.2. The zero-order valence-corrected chi connectivity index (χ0v) is 18.4. The predicted octanol–water partition coefficient (Wildman–Crippen LogP) is 5.51. The van der Waals surface area contributed by atoms with Crippen molar-refractivity contribution in [2.75, 3.05) is 0 Å². The Kier molecular flexibility index (Phi) is 4.22. The van der Waals surface area contributed by atoms with Crippen molar-refractivity contribution in [3.05, 3.63) is 45.2 Å². The van der Waals surface area contributed by atoms with E-state index < -0.39 is 10.0 Å².